The second-order valence-electron chi connectivity index (χ2n) is 9.84. The predicted molar refractivity (Wildman–Crippen MR) is 105 cm³/mol. The molecule has 156 valence electrons. The van der Waals surface area contributed by atoms with Gasteiger partial charge in [-0.15, -0.1) is 0 Å². The maximum Gasteiger partial charge on any atom is 0.282 e. The van der Waals surface area contributed by atoms with Gasteiger partial charge in [0.1, 0.15) is 5.69 Å². The van der Waals surface area contributed by atoms with Crippen molar-refractivity contribution in [2.75, 3.05) is 13.2 Å². The van der Waals surface area contributed by atoms with Crippen molar-refractivity contribution in [2.24, 2.45) is 40.2 Å². The number of halogens is 2. The van der Waals surface area contributed by atoms with Crippen LogP contribution in [0.2, 0.25) is 0 Å². The van der Waals surface area contributed by atoms with Crippen LogP contribution in [0.25, 0.3) is 0 Å². The van der Waals surface area contributed by atoms with E-state index in [-0.39, 0.29) is 29.0 Å². The molecule has 0 spiro atoms. The van der Waals surface area contributed by atoms with E-state index < -0.39 is 6.43 Å². The first-order valence-electron chi connectivity index (χ1n) is 10.6. The van der Waals surface area contributed by atoms with E-state index in [0.29, 0.717) is 42.7 Å². The molecule has 0 aromatic carbocycles. The van der Waals surface area contributed by atoms with Crippen LogP contribution in [0.1, 0.15) is 62.9 Å². The summed E-state index contributed by atoms with van der Waals surface area (Å²) in [6.07, 6.45) is 2.80. The fourth-order valence-electron chi connectivity index (χ4n) is 7.02. The van der Waals surface area contributed by atoms with E-state index in [1.807, 2.05) is 0 Å². The summed E-state index contributed by atoms with van der Waals surface area (Å²) in [7, 11) is 0. The minimum absolute atomic E-state index is 0.0268. The van der Waals surface area contributed by atoms with Gasteiger partial charge in [-0.1, -0.05) is 26.0 Å². The van der Waals surface area contributed by atoms with Crippen LogP contribution in [0.5, 0.6) is 0 Å². The molecule has 6 atom stereocenters. The van der Waals surface area contributed by atoms with Crippen molar-refractivity contribution in [1.29, 1.82) is 0 Å². The van der Waals surface area contributed by atoms with E-state index in [1.54, 1.807) is 0 Å². The molecule has 0 radical (unpaired) electrons. The van der Waals surface area contributed by atoms with Crippen molar-refractivity contribution in [3.8, 4) is 0 Å². The molecule has 3 aliphatic carbocycles. The molecular weight excluding hydrogens is 360 g/mol. The standard InChI is InChI=1S/C22H33F2N3O/c1-12-4-5-16-15(10-25)17(6-7-21(12,16)2)22(3)9-14-18(8-13(22)11-28)26-27-19(14)20(23)24/h13,15-17,20,28H,1,4-11,25H2,2-3H3,(H,26,27)/t13-,15?,16?,17?,21?,22-/m1/s1. The lowest BCUT2D eigenvalue weighted by atomic mass is 9.49. The number of hydrogen-bond donors (Lipinski definition) is 3. The van der Waals surface area contributed by atoms with E-state index in [2.05, 4.69) is 30.6 Å². The summed E-state index contributed by atoms with van der Waals surface area (Å²) >= 11 is 0. The zero-order valence-electron chi connectivity index (χ0n) is 17.0. The predicted octanol–water partition coefficient (Wildman–Crippen LogP) is 4.02. The Balaban J connectivity index is 1.71. The Morgan fingerprint density at radius 3 is 2.71 bits per heavy atom. The first kappa shape index (κ1) is 20.0. The Labute approximate surface area is 166 Å². The molecule has 1 aromatic rings. The summed E-state index contributed by atoms with van der Waals surface area (Å²) in [6.45, 7) is 9.53. The van der Waals surface area contributed by atoms with Crippen molar-refractivity contribution in [2.45, 2.75) is 58.8 Å². The Kier molecular flexibility index (Phi) is 4.94. The van der Waals surface area contributed by atoms with Gasteiger partial charge in [0.25, 0.3) is 6.43 Å². The van der Waals surface area contributed by atoms with Crippen LogP contribution < -0.4 is 5.73 Å². The SMILES string of the molecule is C=C1CCC2C(CN)C([C@]3(C)Cc4c(C(F)F)n[nH]c4C[C@@H]3CO)CCC12C. The molecule has 0 amide bonds. The van der Waals surface area contributed by atoms with Crippen LogP contribution in [0, 0.1) is 34.5 Å². The molecule has 1 aromatic heterocycles. The van der Waals surface area contributed by atoms with Gasteiger partial charge < -0.3 is 10.8 Å². The Morgan fingerprint density at radius 2 is 2.07 bits per heavy atom. The summed E-state index contributed by atoms with van der Waals surface area (Å²) in [5, 5.41) is 16.9. The third-order valence-corrected chi connectivity index (χ3v) is 8.86. The zero-order valence-corrected chi connectivity index (χ0v) is 17.0. The first-order valence-corrected chi connectivity index (χ1v) is 10.6. The number of nitrogens with two attached hydrogens (primary N) is 1. The van der Waals surface area contributed by atoms with Gasteiger partial charge in [-0.2, -0.15) is 5.10 Å². The van der Waals surface area contributed by atoms with Gasteiger partial charge >= 0.3 is 0 Å². The van der Waals surface area contributed by atoms with Crippen molar-refractivity contribution in [1.82, 2.24) is 10.2 Å². The highest BCUT2D eigenvalue weighted by Crippen LogP contribution is 2.62. The molecule has 6 heteroatoms. The van der Waals surface area contributed by atoms with Gasteiger partial charge in [0.05, 0.1) is 0 Å². The lowest BCUT2D eigenvalue weighted by Gasteiger charge is -2.55. The number of nitrogens with one attached hydrogen (secondary N) is 1. The van der Waals surface area contributed by atoms with Gasteiger partial charge in [-0.3, -0.25) is 5.10 Å². The highest BCUT2D eigenvalue weighted by Gasteiger charge is 2.56. The third-order valence-electron chi connectivity index (χ3n) is 8.86. The van der Waals surface area contributed by atoms with Gasteiger partial charge in [0.2, 0.25) is 0 Å². The van der Waals surface area contributed by atoms with Gasteiger partial charge in [0.15, 0.2) is 0 Å². The number of nitrogens with zero attached hydrogens (tertiary/aromatic N) is 1. The highest BCUT2D eigenvalue weighted by molar-refractivity contribution is 5.32. The van der Waals surface area contributed by atoms with Crippen molar-refractivity contribution < 1.29 is 13.9 Å². The van der Waals surface area contributed by atoms with E-state index in [9.17, 15) is 13.9 Å². The number of hydrogen-bond acceptors (Lipinski definition) is 3. The minimum atomic E-state index is -2.58. The normalized spacial score (nSPS) is 40.6. The van der Waals surface area contributed by atoms with Crippen LogP contribution in [0.4, 0.5) is 8.78 Å². The molecule has 4 unspecified atom stereocenters. The molecule has 2 fully saturated rings. The minimum Gasteiger partial charge on any atom is -0.396 e. The molecule has 4 N–H and O–H groups in total. The summed E-state index contributed by atoms with van der Waals surface area (Å²) < 4.78 is 27.0. The fraction of sp³-hybridized carbons (Fsp3) is 0.773. The molecular formula is C22H33F2N3O. The van der Waals surface area contributed by atoms with E-state index in [1.165, 1.54) is 5.57 Å². The van der Waals surface area contributed by atoms with Gasteiger partial charge in [0, 0.05) is 17.9 Å². The number of aromatic nitrogens is 2. The second kappa shape index (κ2) is 6.91. The number of allylic oxidation sites excluding steroid dienone is 1. The smallest absolute Gasteiger partial charge is 0.282 e. The summed E-state index contributed by atoms with van der Waals surface area (Å²) in [5.74, 6) is 1.17. The summed E-state index contributed by atoms with van der Waals surface area (Å²) in [6, 6.07) is 0. The number of alkyl halides is 2. The third kappa shape index (κ3) is 2.71. The molecule has 0 bridgehead atoms. The van der Waals surface area contributed by atoms with Gasteiger partial charge in [-0.25, -0.2) is 8.78 Å². The van der Waals surface area contributed by atoms with Crippen LogP contribution >= 0.6 is 0 Å². The molecule has 0 aliphatic heterocycles. The molecule has 28 heavy (non-hydrogen) atoms. The average molecular weight is 394 g/mol. The Hall–Kier alpha value is -1.27. The van der Waals surface area contributed by atoms with Crippen molar-refractivity contribution >= 4 is 0 Å². The Bertz CT molecular complexity index is 763. The molecule has 0 saturated heterocycles. The maximum absolute atomic E-state index is 13.5. The largest absolute Gasteiger partial charge is 0.396 e. The molecule has 1 heterocycles. The number of aliphatic hydroxyl groups is 1. The number of rotatable bonds is 4. The van der Waals surface area contributed by atoms with Crippen LogP contribution in [0.15, 0.2) is 12.2 Å². The van der Waals surface area contributed by atoms with Crippen LogP contribution in [-0.4, -0.2) is 28.5 Å². The van der Waals surface area contributed by atoms with Crippen molar-refractivity contribution in [3.63, 3.8) is 0 Å². The number of fused-ring (bicyclic) bond motifs is 2. The second-order valence-corrected chi connectivity index (χ2v) is 9.84. The van der Waals surface area contributed by atoms with Crippen LogP contribution in [-0.2, 0) is 12.8 Å². The monoisotopic (exact) mass is 393 g/mol. The molecule has 4 nitrogen and oxygen atoms in total. The molecule has 3 aliphatic rings. The van der Waals surface area contributed by atoms with E-state index in [0.717, 1.165) is 31.4 Å². The van der Waals surface area contributed by atoms with Crippen LogP contribution in [0.3, 0.4) is 0 Å². The zero-order chi connectivity index (χ0) is 20.3. The maximum atomic E-state index is 13.5. The van der Waals surface area contributed by atoms with Gasteiger partial charge in [-0.05, 0) is 79.6 Å². The fourth-order valence-corrected chi connectivity index (χ4v) is 7.02. The average Bonchev–Trinajstić information content (AvgIpc) is 3.20. The molecule has 2 saturated carbocycles. The lowest BCUT2D eigenvalue weighted by molar-refractivity contribution is -0.0539. The lowest BCUT2D eigenvalue weighted by Crippen LogP contribution is -2.53. The van der Waals surface area contributed by atoms with E-state index >= 15 is 0 Å². The summed E-state index contributed by atoms with van der Waals surface area (Å²) in [5.41, 5.74) is 8.89. The summed E-state index contributed by atoms with van der Waals surface area (Å²) in [4.78, 5) is 0. The molecule has 4 rings (SSSR count). The number of H-pyrrole nitrogens is 1. The Morgan fingerprint density at radius 1 is 1.32 bits per heavy atom. The quantitative estimate of drug-likeness (QED) is 0.677. The number of aliphatic hydroxyl groups excluding tert-OH is 1. The van der Waals surface area contributed by atoms with Crippen molar-refractivity contribution in [3.05, 3.63) is 29.1 Å². The first-order chi connectivity index (χ1) is 13.3. The number of aromatic amines is 1. The topological polar surface area (TPSA) is 74.9 Å². The van der Waals surface area contributed by atoms with E-state index in [4.69, 9.17) is 5.73 Å². The highest BCUT2D eigenvalue weighted by atomic mass is 19.3.